The van der Waals surface area contributed by atoms with Gasteiger partial charge in [0.25, 0.3) is 5.91 Å². The Bertz CT molecular complexity index is 457. The molecule has 0 aliphatic heterocycles. The van der Waals surface area contributed by atoms with Crippen LogP contribution in [0.25, 0.3) is 0 Å². The molecular formula is C17H30N4OS. The van der Waals surface area contributed by atoms with Crippen molar-refractivity contribution < 1.29 is 4.79 Å². The number of amides is 1. The van der Waals surface area contributed by atoms with E-state index in [0.717, 1.165) is 42.7 Å². The van der Waals surface area contributed by atoms with Gasteiger partial charge in [-0.1, -0.05) is 32.8 Å². The summed E-state index contributed by atoms with van der Waals surface area (Å²) in [6.07, 6.45) is 4.55. The first-order chi connectivity index (χ1) is 11.1. The molecule has 0 aliphatic carbocycles. The van der Waals surface area contributed by atoms with Gasteiger partial charge >= 0.3 is 0 Å². The van der Waals surface area contributed by atoms with Crippen LogP contribution in [0.15, 0.2) is 22.5 Å². The number of carbonyl (C=O) groups excluding carboxylic acids is 1. The maximum absolute atomic E-state index is 11.8. The van der Waals surface area contributed by atoms with Gasteiger partial charge in [0.1, 0.15) is 0 Å². The highest BCUT2D eigenvalue weighted by atomic mass is 32.1. The van der Waals surface area contributed by atoms with Crippen molar-refractivity contribution in [1.82, 2.24) is 16.0 Å². The van der Waals surface area contributed by atoms with Gasteiger partial charge in [0.05, 0.1) is 4.88 Å². The number of hydrogen-bond donors (Lipinski definition) is 3. The second-order valence-electron chi connectivity index (χ2n) is 5.90. The largest absolute Gasteiger partial charge is 0.356 e. The van der Waals surface area contributed by atoms with Crippen molar-refractivity contribution in [2.24, 2.45) is 10.9 Å². The Morgan fingerprint density at radius 2 is 1.83 bits per heavy atom. The lowest BCUT2D eigenvalue weighted by Crippen LogP contribution is -2.39. The number of hydrogen-bond acceptors (Lipinski definition) is 3. The van der Waals surface area contributed by atoms with Gasteiger partial charge in [-0.2, -0.15) is 0 Å². The van der Waals surface area contributed by atoms with E-state index >= 15 is 0 Å². The van der Waals surface area contributed by atoms with Gasteiger partial charge in [-0.3, -0.25) is 9.79 Å². The first-order valence-electron chi connectivity index (χ1n) is 8.39. The molecule has 5 nitrogen and oxygen atoms in total. The monoisotopic (exact) mass is 338 g/mol. The lowest BCUT2D eigenvalue weighted by Gasteiger charge is -2.12. The average Bonchev–Trinajstić information content (AvgIpc) is 3.06. The fraction of sp³-hybridized carbons (Fsp3) is 0.647. The highest BCUT2D eigenvalue weighted by Gasteiger charge is 2.04. The minimum Gasteiger partial charge on any atom is -0.356 e. The van der Waals surface area contributed by atoms with E-state index in [9.17, 15) is 4.79 Å². The number of nitrogens with one attached hydrogen (secondary N) is 3. The van der Waals surface area contributed by atoms with Crippen molar-refractivity contribution in [2.75, 3.05) is 26.7 Å². The predicted octanol–water partition coefficient (Wildman–Crippen LogP) is 2.86. The summed E-state index contributed by atoms with van der Waals surface area (Å²) in [5.41, 5.74) is 0. The van der Waals surface area contributed by atoms with Crippen molar-refractivity contribution in [3.8, 4) is 0 Å². The maximum atomic E-state index is 11.8. The number of thiophene rings is 1. The number of guanidine groups is 1. The third-order valence-electron chi connectivity index (χ3n) is 3.40. The van der Waals surface area contributed by atoms with E-state index in [1.54, 1.807) is 7.05 Å². The minimum absolute atomic E-state index is 0.00709. The van der Waals surface area contributed by atoms with Gasteiger partial charge in [0.2, 0.25) is 0 Å². The molecule has 1 amide bonds. The van der Waals surface area contributed by atoms with E-state index in [4.69, 9.17) is 0 Å². The van der Waals surface area contributed by atoms with Crippen LogP contribution in [0.4, 0.5) is 0 Å². The third kappa shape index (κ3) is 9.23. The molecule has 0 spiro atoms. The summed E-state index contributed by atoms with van der Waals surface area (Å²) in [7, 11) is 1.78. The van der Waals surface area contributed by atoms with E-state index in [2.05, 4.69) is 34.8 Å². The Kier molecular flexibility index (Phi) is 10.1. The van der Waals surface area contributed by atoms with Crippen molar-refractivity contribution in [1.29, 1.82) is 0 Å². The summed E-state index contributed by atoms with van der Waals surface area (Å²) in [4.78, 5) is 16.7. The van der Waals surface area contributed by atoms with Crippen molar-refractivity contribution in [3.63, 3.8) is 0 Å². The predicted molar refractivity (Wildman–Crippen MR) is 99.3 cm³/mol. The summed E-state index contributed by atoms with van der Waals surface area (Å²) in [6, 6.07) is 3.72. The third-order valence-corrected chi connectivity index (χ3v) is 4.27. The fourth-order valence-electron chi connectivity index (χ4n) is 2.10. The highest BCUT2D eigenvalue weighted by Crippen LogP contribution is 2.07. The maximum Gasteiger partial charge on any atom is 0.261 e. The van der Waals surface area contributed by atoms with Crippen molar-refractivity contribution >= 4 is 23.2 Å². The second-order valence-corrected chi connectivity index (χ2v) is 6.85. The first-order valence-corrected chi connectivity index (χ1v) is 9.27. The van der Waals surface area contributed by atoms with Gasteiger partial charge < -0.3 is 16.0 Å². The summed E-state index contributed by atoms with van der Waals surface area (Å²) in [6.45, 7) is 6.91. The summed E-state index contributed by atoms with van der Waals surface area (Å²) < 4.78 is 0. The van der Waals surface area contributed by atoms with E-state index in [-0.39, 0.29) is 5.91 Å². The molecule has 3 N–H and O–H groups in total. The number of rotatable bonds is 10. The van der Waals surface area contributed by atoms with Crippen molar-refractivity contribution in [3.05, 3.63) is 22.4 Å². The summed E-state index contributed by atoms with van der Waals surface area (Å²) in [5.74, 6) is 1.61. The lowest BCUT2D eigenvalue weighted by molar-refractivity contribution is 0.0957. The Hall–Kier alpha value is -1.56. The molecule has 1 aromatic rings. The molecule has 0 saturated carbocycles. The van der Waals surface area contributed by atoms with Crippen LogP contribution in [0, 0.1) is 5.92 Å². The van der Waals surface area contributed by atoms with E-state index in [0.29, 0.717) is 6.54 Å². The zero-order chi connectivity index (χ0) is 16.9. The molecule has 6 heteroatoms. The minimum atomic E-state index is 0.00709. The van der Waals surface area contributed by atoms with Crippen molar-refractivity contribution in [2.45, 2.75) is 39.5 Å². The molecule has 1 heterocycles. The van der Waals surface area contributed by atoms with E-state index < -0.39 is 0 Å². The molecule has 0 saturated heterocycles. The molecule has 1 rings (SSSR count). The molecule has 0 aromatic carbocycles. The van der Waals surface area contributed by atoms with Gasteiger partial charge in [-0.25, -0.2) is 0 Å². The van der Waals surface area contributed by atoms with Gasteiger partial charge in [0, 0.05) is 26.7 Å². The highest BCUT2D eigenvalue weighted by molar-refractivity contribution is 7.12. The number of aliphatic imine (C=N–C) groups is 1. The summed E-state index contributed by atoms with van der Waals surface area (Å²) >= 11 is 1.46. The van der Waals surface area contributed by atoms with Crippen LogP contribution in [-0.2, 0) is 0 Å². The average molecular weight is 339 g/mol. The summed E-state index contributed by atoms with van der Waals surface area (Å²) in [5, 5.41) is 11.4. The SMILES string of the molecule is CN=C(NCCCCC(C)C)NCCCNC(=O)c1cccs1. The Morgan fingerprint density at radius 1 is 1.13 bits per heavy atom. The van der Waals surface area contributed by atoms with Crippen LogP contribution in [0.5, 0.6) is 0 Å². The fourth-order valence-corrected chi connectivity index (χ4v) is 2.74. The molecule has 130 valence electrons. The van der Waals surface area contributed by atoms with Crippen LogP contribution in [0.2, 0.25) is 0 Å². The van der Waals surface area contributed by atoms with Gasteiger partial charge in [-0.15, -0.1) is 11.3 Å². The zero-order valence-corrected chi connectivity index (χ0v) is 15.3. The Morgan fingerprint density at radius 3 is 2.43 bits per heavy atom. The standard InChI is InChI=1S/C17H30N4OS/c1-14(2)8-4-5-10-20-17(18-3)21-12-7-11-19-16(22)15-9-6-13-23-15/h6,9,13-14H,4-5,7-8,10-12H2,1-3H3,(H,19,22)(H2,18,20,21). The molecule has 0 radical (unpaired) electrons. The van der Waals surface area contributed by atoms with Gasteiger partial charge in [-0.05, 0) is 30.2 Å². The topological polar surface area (TPSA) is 65.5 Å². The molecule has 0 atom stereocenters. The lowest BCUT2D eigenvalue weighted by atomic mass is 10.1. The number of unbranched alkanes of at least 4 members (excludes halogenated alkanes) is 1. The Labute approximate surface area is 144 Å². The second kappa shape index (κ2) is 11.9. The quantitative estimate of drug-likeness (QED) is 0.349. The van der Waals surface area contributed by atoms with Crippen LogP contribution < -0.4 is 16.0 Å². The van der Waals surface area contributed by atoms with Crippen LogP contribution in [-0.4, -0.2) is 38.5 Å². The number of carbonyl (C=O) groups is 1. The molecule has 23 heavy (non-hydrogen) atoms. The van der Waals surface area contributed by atoms with Crippen LogP contribution >= 0.6 is 11.3 Å². The molecular weight excluding hydrogens is 308 g/mol. The Balaban J connectivity index is 2.03. The van der Waals surface area contributed by atoms with Gasteiger partial charge in [0.15, 0.2) is 5.96 Å². The number of nitrogens with zero attached hydrogens (tertiary/aromatic N) is 1. The molecule has 0 aliphatic rings. The van der Waals surface area contributed by atoms with E-state index in [1.807, 2.05) is 17.5 Å². The smallest absolute Gasteiger partial charge is 0.261 e. The molecule has 0 unspecified atom stereocenters. The normalized spacial score (nSPS) is 11.6. The van der Waals surface area contributed by atoms with Crippen LogP contribution in [0.1, 0.15) is 49.2 Å². The van der Waals surface area contributed by atoms with E-state index in [1.165, 1.54) is 24.2 Å². The molecule has 0 fully saturated rings. The first kappa shape index (κ1) is 19.5. The zero-order valence-electron chi connectivity index (χ0n) is 14.5. The molecule has 0 bridgehead atoms. The molecule has 1 aromatic heterocycles. The van der Waals surface area contributed by atoms with Crippen LogP contribution in [0.3, 0.4) is 0 Å².